The molecule has 0 heterocycles. The van der Waals surface area contributed by atoms with E-state index in [1.165, 1.54) is 42.4 Å². The number of carbonyl (C=O) groups excluding carboxylic acids is 2. The van der Waals surface area contributed by atoms with Crippen molar-refractivity contribution in [3.05, 3.63) is 89.5 Å². The molecule has 2 bridgehead atoms. The van der Waals surface area contributed by atoms with Gasteiger partial charge in [0.05, 0.1) is 13.7 Å². The van der Waals surface area contributed by atoms with Crippen LogP contribution in [0, 0.1) is 29.4 Å². The van der Waals surface area contributed by atoms with Gasteiger partial charge in [-0.2, -0.15) is 0 Å². The van der Waals surface area contributed by atoms with Gasteiger partial charge < -0.3 is 14.5 Å². The molecule has 0 aliphatic heterocycles. The predicted octanol–water partition coefficient (Wildman–Crippen LogP) is 6.85. The summed E-state index contributed by atoms with van der Waals surface area (Å²) < 4.78 is 34.9. The number of amides is 1. The van der Waals surface area contributed by atoms with Crippen LogP contribution in [0.25, 0.3) is 17.2 Å². The Kier molecular flexibility index (Phi) is 8.01. The summed E-state index contributed by atoms with van der Waals surface area (Å²) in [6.07, 6.45) is 6.65. The number of anilines is 2. The number of benzene rings is 3. The summed E-state index contributed by atoms with van der Waals surface area (Å²) in [7, 11) is 5.19. The number of nitrogens with zero attached hydrogens (tertiary/aromatic N) is 2. The third kappa shape index (κ3) is 5.93. The molecule has 5 rings (SSSR count). The molecule has 208 valence electrons. The molecule has 0 unspecified atom stereocenters. The fourth-order valence-electron chi connectivity index (χ4n) is 6.10. The van der Waals surface area contributed by atoms with Crippen LogP contribution >= 0.6 is 0 Å². The van der Waals surface area contributed by atoms with E-state index in [1.807, 2.05) is 49.3 Å². The van der Waals surface area contributed by atoms with Crippen LogP contribution in [0.15, 0.2) is 66.7 Å². The van der Waals surface area contributed by atoms with E-state index in [0.29, 0.717) is 28.7 Å². The van der Waals surface area contributed by atoms with E-state index in [9.17, 15) is 14.0 Å². The fraction of sp³-hybridized carbons (Fsp3) is 0.333. The number of esters is 1. The summed E-state index contributed by atoms with van der Waals surface area (Å²) in [5.41, 5.74) is 3.76. The highest BCUT2D eigenvalue weighted by Gasteiger charge is 2.44. The Balaban J connectivity index is 1.46. The molecule has 1 amide bonds. The van der Waals surface area contributed by atoms with Crippen LogP contribution in [-0.4, -0.2) is 33.1 Å². The van der Waals surface area contributed by atoms with Crippen LogP contribution in [0.2, 0.25) is 0 Å². The Morgan fingerprint density at radius 3 is 2.30 bits per heavy atom. The van der Waals surface area contributed by atoms with Gasteiger partial charge in [-0.05, 0) is 90.3 Å². The lowest BCUT2D eigenvalue weighted by molar-refractivity contribution is -0.134. The maximum Gasteiger partial charge on any atom is 0.330 e. The second kappa shape index (κ2) is 11.6. The van der Waals surface area contributed by atoms with E-state index >= 15 is 4.39 Å². The molecule has 5 nitrogen and oxygen atoms in total. The van der Waals surface area contributed by atoms with E-state index in [4.69, 9.17) is 0 Å². The van der Waals surface area contributed by atoms with E-state index in [0.717, 1.165) is 42.5 Å². The third-order valence-electron chi connectivity index (χ3n) is 8.25. The highest BCUT2D eigenvalue weighted by atomic mass is 19.1. The van der Waals surface area contributed by atoms with E-state index in [1.54, 1.807) is 12.1 Å². The SMILES string of the molecule is COC(=O)/C=C/c1cc(F)cc(N(Cc2ccc(-c3ccc(N(C)C)cc3)cc2F)C(=O)[C@H]2C[C@H]3CC[C@@H]2C3)c1. The van der Waals surface area contributed by atoms with Crippen molar-refractivity contribution in [2.45, 2.75) is 32.2 Å². The molecule has 40 heavy (non-hydrogen) atoms. The molecule has 0 N–H and O–H groups in total. The van der Waals surface area contributed by atoms with Crippen molar-refractivity contribution in [2.75, 3.05) is 31.0 Å². The Labute approximate surface area is 234 Å². The van der Waals surface area contributed by atoms with Crippen molar-refractivity contribution in [3.8, 4) is 11.1 Å². The minimum absolute atomic E-state index is 0.0258. The van der Waals surface area contributed by atoms with Crippen molar-refractivity contribution in [1.29, 1.82) is 0 Å². The maximum atomic E-state index is 15.5. The first-order valence-electron chi connectivity index (χ1n) is 13.7. The highest BCUT2D eigenvalue weighted by Crippen LogP contribution is 2.49. The van der Waals surface area contributed by atoms with Crippen LogP contribution in [0.5, 0.6) is 0 Å². The van der Waals surface area contributed by atoms with Crippen molar-refractivity contribution in [2.24, 2.45) is 17.8 Å². The first-order valence-corrected chi connectivity index (χ1v) is 13.7. The average Bonchev–Trinajstić information content (AvgIpc) is 3.59. The highest BCUT2D eigenvalue weighted by molar-refractivity contribution is 5.96. The predicted molar refractivity (Wildman–Crippen MR) is 154 cm³/mol. The molecule has 0 radical (unpaired) electrons. The summed E-state index contributed by atoms with van der Waals surface area (Å²) in [6, 6.07) is 17.1. The van der Waals surface area contributed by atoms with Crippen LogP contribution < -0.4 is 9.80 Å². The molecular weight excluding hydrogens is 510 g/mol. The van der Waals surface area contributed by atoms with Gasteiger partial charge in [-0.1, -0.05) is 30.7 Å². The number of fused-ring (bicyclic) bond motifs is 2. The first kappa shape index (κ1) is 27.6. The van der Waals surface area contributed by atoms with Crippen LogP contribution in [0.4, 0.5) is 20.2 Å². The largest absolute Gasteiger partial charge is 0.466 e. The monoisotopic (exact) mass is 544 g/mol. The second-order valence-electron chi connectivity index (χ2n) is 11.1. The Morgan fingerprint density at radius 2 is 1.68 bits per heavy atom. The number of methoxy groups -OCH3 is 1. The molecule has 7 heteroatoms. The Hall–Kier alpha value is -4.00. The molecular formula is C33H34F2N2O3. The lowest BCUT2D eigenvalue weighted by Crippen LogP contribution is -2.38. The zero-order chi connectivity index (χ0) is 28.4. The van der Waals surface area contributed by atoms with E-state index in [2.05, 4.69) is 4.74 Å². The molecule has 3 aromatic rings. The molecule has 0 aromatic heterocycles. The van der Waals surface area contributed by atoms with Crippen molar-refractivity contribution in [1.82, 2.24) is 0 Å². The zero-order valence-corrected chi connectivity index (χ0v) is 23.1. The van der Waals surface area contributed by atoms with Gasteiger partial charge in [0.2, 0.25) is 5.91 Å². The molecule has 2 fully saturated rings. The van der Waals surface area contributed by atoms with Crippen molar-refractivity contribution >= 4 is 29.3 Å². The lowest BCUT2D eigenvalue weighted by atomic mass is 9.87. The normalized spacial score (nSPS) is 19.7. The molecule has 3 atom stereocenters. The van der Waals surface area contributed by atoms with Crippen molar-refractivity contribution in [3.63, 3.8) is 0 Å². The second-order valence-corrected chi connectivity index (χ2v) is 11.1. The van der Waals surface area contributed by atoms with Gasteiger partial charge in [-0.3, -0.25) is 4.79 Å². The van der Waals surface area contributed by atoms with Crippen LogP contribution in [-0.2, 0) is 20.9 Å². The van der Waals surface area contributed by atoms with Crippen LogP contribution in [0.3, 0.4) is 0 Å². The van der Waals surface area contributed by atoms with Gasteiger partial charge in [0.25, 0.3) is 0 Å². The third-order valence-corrected chi connectivity index (χ3v) is 8.25. The number of hydrogen-bond donors (Lipinski definition) is 0. The van der Waals surface area contributed by atoms with E-state index in [-0.39, 0.29) is 18.4 Å². The smallest absolute Gasteiger partial charge is 0.330 e. The molecule has 0 saturated heterocycles. The molecule has 0 spiro atoms. The summed E-state index contributed by atoms with van der Waals surface area (Å²) in [5, 5.41) is 0. The van der Waals surface area contributed by atoms with Crippen molar-refractivity contribution < 1.29 is 23.1 Å². The minimum atomic E-state index is -0.570. The zero-order valence-electron chi connectivity index (χ0n) is 23.1. The molecule has 2 saturated carbocycles. The summed E-state index contributed by atoms with van der Waals surface area (Å²) in [5.74, 6) is -0.963. The van der Waals surface area contributed by atoms with Gasteiger partial charge in [-0.25, -0.2) is 13.6 Å². The van der Waals surface area contributed by atoms with Gasteiger partial charge in [0.15, 0.2) is 0 Å². The summed E-state index contributed by atoms with van der Waals surface area (Å²) >= 11 is 0. The lowest BCUT2D eigenvalue weighted by Gasteiger charge is -2.30. The van der Waals surface area contributed by atoms with Gasteiger partial charge >= 0.3 is 5.97 Å². The molecule has 2 aliphatic rings. The Bertz CT molecular complexity index is 1430. The van der Waals surface area contributed by atoms with Gasteiger partial charge in [0, 0.05) is 43.0 Å². The average molecular weight is 545 g/mol. The topological polar surface area (TPSA) is 49.9 Å². The Morgan fingerprint density at radius 1 is 0.925 bits per heavy atom. The van der Waals surface area contributed by atoms with Crippen LogP contribution in [0.1, 0.15) is 36.8 Å². The van der Waals surface area contributed by atoms with Gasteiger partial charge in [0.1, 0.15) is 11.6 Å². The number of halogens is 2. The maximum absolute atomic E-state index is 15.5. The minimum Gasteiger partial charge on any atom is -0.466 e. The first-order chi connectivity index (χ1) is 19.2. The number of rotatable bonds is 8. The summed E-state index contributed by atoms with van der Waals surface area (Å²) in [6.45, 7) is -0.0258. The molecule has 2 aliphatic carbocycles. The summed E-state index contributed by atoms with van der Waals surface area (Å²) in [4.78, 5) is 29.0. The standard InChI is InChI=1S/C33H34F2N2O3/c1-36(2)28-11-9-23(10-12-28)24-7-8-26(31(35)18-24)20-37(33(39)30-17-21-4-6-25(30)14-21)29-16-22(15-27(34)19-29)5-13-32(38)40-3/h5,7-13,15-16,18-19,21,25,30H,4,6,14,17,20H2,1-3H3/b13-5+/t21-,25+,30-/m0/s1. The fourth-order valence-corrected chi connectivity index (χ4v) is 6.10. The number of carbonyl (C=O) groups is 2. The van der Waals surface area contributed by atoms with E-state index < -0.39 is 17.6 Å². The quantitative estimate of drug-likeness (QED) is 0.230. The molecule has 3 aromatic carbocycles. The number of hydrogen-bond acceptors (Lipinski definition) is 4. The number of ether oxygens (including phenoxy) is 1. The van der Waals surface area contributed by atoms with Gasteiger partial charge in [-0.15, -0.1) is 0 Å².